The highest BCUT2D eigenvalue weighted by atomic mass is 19.1. The molecule has 1 aliphatic rings. The Balaban J connectivity index is 1.34. The average molecular weight is 387 g/mol. The number of halogens is 1. The first-order valence-electron chi connectivity index (χ1n) is 9.63. The van der Waals surface area contributed by atoms with E-state index in [1.807, 2.05) is 30.3 Å². The molecule has 1 amide bonds. The number of nitrogens with one attached hydrogen (secondary N) is 1. The molecule has 0 saturated heterocycles. The molecule has 0 radical (unpaired) electrons. The van der Waals surface area contributed by atoms with Crippen molar-refractivity contribution in [1.82, 2.24) is 5.32 Å². The lowest BCUT2D eigenvalue weighted by atomic mass is 9.93. The molecule has 0 aromatic heterocycles. The number of alkyl carbamates (subject to hydrolysis) is 1. The maximum absolute atomic E-state index is 13.7. The van der Waals surface area contributed by atoms with Crippen LogP contribution in [-0.2, 0) is 16.1 Å². The Hall–Kier alpha value is -2.44. The van der Waals surface area contributed by atoms with Crippen molar-refractivity contribution in [3.8, 4) is 0 Å². The number of aliphatic hydroxyl groups excluding tert-OH is 1. The van der Waals surface area contributed by atoms with E-state index in [0.717, 1.165) is 31.2 Å². The van der Waals surface area contributed by atoms with Gasteiger partial charge in [-0.1, -0.05) is 48.5 Å². The van der Waals surface area contributed by atoms with E-state index in [1.54, 1.807) is 18.2 Å². The number of hydrogen-bond donors (Lipinski definition) is 2. The van der Waals surface area contributed by atoms with Crippen molar-refractivity contribution >= 4 is 6.09 Å². The molecule has 2 N–H and O–H groups in total. The monoisotopic (exact) mass is 387 g/mol. The average Bonchev–Trinajstić information content (AvgIpc) is 2.72. The second-order valence-electron chi connectivity index (χ2n) is 7.05. The summed E-state index contributed by atoms with van der Waals surface area (Å²) < 4.78 is 24.7. The van der Waals surface area contributed by atoms with Crippen LogP contribution in [0, 0.1) is 5.82 Å². The van der Waals surface area contributed by atoms with Gasteiger partial charge in [0.25, 0.3) is 0 Å². The van der Waals surface area contributed by atoms with Crippen LogP contribution in [0.2, 0.25) is 0 Å². The van der Waals surface area contributed by atoms with Crippen molar-refractivity contribution in [1.29, 1.82) is 0 Å². The number of aliphatic hydroxyl groups is 1. The van der Waals surface area contributed by atoms with Gasteiger partial charge in [-0.3, -0.25) is 0 Å². The standard InChI is InChI=1S/C22H26FNO4/c23-20-9-5-4-8-19(20)21(25)15-27-18-12-10-17(11-13-18)24-22(26)28-14-16-6-2-1-3-7-16/h1-9,17-18,21,25H,10-15H2,(H,24,26). The summed E-state index contributed by atoms with van der Waals surface area (Å²) in [7, 11) is 0. The Morgan fingerprint density at radius 1 is 1.07 bits per heavy atom. The highest BCUT2D eigenvalue weighted by molar-refractivity contribution is 5.67. The molecule has 0 heterocycles. The first-order chi connectivity index (χ1) is 13.6. The Labute approximate surface area is 164 Å². The molecule has 0 aliphatic heterocycles. The molecule has 1 unspecified atom stereocenters. The van der Waals surface area contributed by atoms with Gasteiger partial charge in [0.05, 0.1) is 12.7 Å². The van der Waals surface area contributed by atoms with Crippen molar-refractivity contribution in [3.63, 3.8) is 0 Å². The molecule has 2 aromatic carbocycles. The van der Waals surface area contributed by atoms with Crippen LogP contribution in [0.25, 0.3) is 0 Å². The van der Waals surface area contributed by atoms with Gasteiger partial charge in [0.2, 0.25) is 0 Å². The van der Waals surface area contributed by atoms with Crippen LogP contribution in [0.1, 0.15) is 42.9 Å². The minimum atomic E-state index is -0.981. The van der Waals surface area contributed by atoms with Crippen LogP contribution >= 0.6 is 0 Å². The normalized spacial score (nSPS) is 20.4. The van der Waals surface area contributed by atoms with Gasteiger partial charge in [-0.15, -0.1) is 0 Å². The topological polar surface area (TPSA) is 67.8 Å². The smallest absolute Gasteiger partial charge is 0.407 e. The first kappa shape index (κ1) is 20.3. The highest BCUT2D eigenvalue weighted by Gasteiger charge is 2.24. The lowest BCUT2D eigenvalue weighted by Gasteiger charge is -2.29. The molecule has 2 aromatic rings. The summed E-state index contributed by atoms with van der Waals surface area (Å²) >= 11 is 0. The van der Waals surface area contributed by atoms with Crippen molar-refractivity contribution in [2.24, 2.45) is 0 Å². The fourth-order valence-electron chi connectivity index (χ4n) is 3.37. The largest absolute Gasteiger partial charge is 0.445 e. The molecule has 0 spiro atoms. The van der Waals surface area contributed by atoms with Crippen LogP contribution < -0.4 is 5.32 Å². The zero-order valence-corrected chi connectivity index (χ0v) is 15.7. The van der Waals surface area contributed by atoms with E-state index in [-0.39, 0.29) is 30.9 Å². The van der Waals surface area contributed by atoms with Crippen molar-refractivity contribution in [3.05, 3.63) is 71.5 Å². The first-order valence-corrected chi connectivity index (χ1v) is 9.63. The Morgan fingerprint density at radius 2 is 1.75 bits per heavy atom. The van der Waals surface area contributed by atoms with E-state index < -0.39 is 18.0 Å². The molecule has 1 saturated carbocycles. The summed E-state index contributed by atoms with van der Waals surface area (Å²) in [6, 6.07) is 15.8. The minimum Gasteiger partial charge on any atom is -0.445 e. The lowest BCUT2D eigenvalue weighted by molar-refractivity contribution is -0.0286. The number of amides is 1. The van der Waals surface area contributed by atoms with Gasteiger partial charge in [-0.05, 0) is 37.3 Å². The molecule has 0 bridgehead atoms. The van der Waals surface area contributed by atoms with E-state index in [1.165, 1.54) is 6.07 Å². The zero-order valence-electron chi connectivity index (χ0n) is 15.7. The van der Waals surface area contributed by atoms with Gasteiger partial charge in [0, 0.05) is 11.6 Å². The minimum absolute atomic E-state index is 0.000173. The molecule has 28 heavy (non-hydrogen) atoms. The number of benzene rings is 2. The van der Waals surface area contributed by atoms with Gasteiger partial charge in [0.1, 0.15) is 18.5 Å². The van der Waals surface area contributed by atoms with E-state index >= 15 is 0 Å². The quantitative estimate of drug-likeness (QED) is 0.750. The maximum Gasteiger partial charge on any atom is 0.407 e. The van der Waals surface area contributed by atoms with Crippen molar-refractivity contribution in [2.75, 3.05) is 6.61 Å². The third-order valence-electron chi connectivity index (χ3n) is 4.96. The fourth-order valence-corrected chi connectivity index (χ4v) is 3.37. The van der Waals surface area contributed by atoms with Gasteiger partial charge < -0.3 is 19.9 Å². The van der Waals surface area contributed by atoms with Crippen LogP contribution in [0.4, 0.5) is 9.18 Å². The third-order valence-corrected chi connectivity index (χ3v) is 4.96. The van der Waals surface area contributed by atoms with E-state index in [9.17, 15) is 14.3 Å². The molecule has 150 valence electrons. The third kappa shape index (κ3) is 6.04. The summed E-state index contributed by atoms with van der Waals surface area (Å²) in [6.45, 7) is 0.307. The molecule has 1 atom stereocenters. The predicted octanol–water partition coefficient (Wildman–Crippen LogP) is 4.11. The summed E-state index contributed by atoms with van der Waals surface area (Å²) in [4.78, 5) is 11.9. The van der Waals surface area contributed by atoms with E-state index in [2.05, 4.69) is 5.32 Å². The van der Waals surface area contributed by atoms with Gasteiger partial charge in [-0.2, -0.15) is 0 Å². The van der Waals surface area contributed by atoms with Crippen LogP contribution in [0.3, 0.4) is 0 Å². The number of carbonyl (C=O) groups excluding carboxylic acids is 1. The summed E-state index contributed by atoms with van der Waals surface area (Å²) in [5.41, 5.74) is 1.20. The predicted molar refractivity (Wildman–Crippen MR) is 103 cm³/mol. The van der Waals surface area contributed by atoms with Crippen LogP contribution in [0.15, 0.2) is 54.6 Å². The maximum atomic E-state index is 13.7. The Bertz CT molecular complexity index is 747. The number of rotatable bonds is 7. The van der Waals surface area contributed by atoms with E-state index in [4.69, 9.17) is 9.47 Å². The van der Waals surface area contributed by atoms with Crippen LogP contribution in [0.5, 0.6) is 0 Å². The highest BCUT2D eigenvalue weighted by Crippen LogP contribution is 2.24. The second-order valence-corrected chi connectivity index (χ2v) is 7.05. The van der Waals surface area contributed by atoms with Gasteiger partial charge in [0.15, 0.2) is 0 Å². The number of ether oxygens (including phenoxy) is 2. The van der Waals surface area contributed by atoms with Crippen LogP contribution in [-0.4, -0.2) is 30.0 Å². The lowest BCUT2D eigenvalue weighted by Crippen LogP contribution is -2.39. The number of carbonyl (C=O) groups is 1. The fraction of sp³-hybridized carbons (Fsp3) is 0.409. The van der Waals surface area contributed by atoms with Gasteiger partial charge in [-0.25, -0.2) is 9.18 Å². The SMILES string of the molecule is O=C(NC1CCC(OCC(O)c2ccccc2F)CC1)OCc1ccccc1. The molecule has 1 fully saturated rings. The molecule has 6 heteroatoms. The molecular weight excluding hydrogens is 361 g/mol. The molecule has 5 nitrogen and oxygen atoms in total. The Kier molecular flexibility index (Phi) is 7.39. The summed E-state index contributed by atoms with van der Waals surface area (Å²) in [6.07, 6.45) is 1.70. The van der Waals surface area contributed by atoms with E-state index in [0.29, 0.717) is 0 Å². The van der Waals surface area contributed by atoms with Crippen molar-refractivity contribution < 1.29 is 23.8 Å². The number of hydrogen-bond acceptors (Lipinski definition) is 4. The zero-order chi connectivity index (χ0) is 19.8. The summed E-state index contributed by atoms with van der Waals surface area (Å²) in [5, 5.41) is 13.0. The Morgan fingerprint density at radius 3 is 2.46 bits per heavy atom. The van der Waals surface area contributed by atoms with Gasteiger partial charge >= 0.3 is 6.09 Å². The molecule has 3 rings (SSSR count). The summed E-state index contributed by atoms with van der Waals surface area (Å²) in [5.74, 6) is -0.430. The van der Waals surface area contributed by atoms with Crippen molar-refractivity contribution in [2.45, 2.75) is 50.5 Å². The second kappa shape index (κ2) is 10.2. The molecule has 1 aliphatic carbocycles. The molecular formula is C22H26FNO4.